The maximum Gasteiger partial charge on any atom is 0.226 e. The fourth-order valence-electron chi connectivity index (χ4n) is 3.32. The monoisotopic (exact) mass is 425 g/mol. The Morgan fingerprint density at radius 3 is 2.56 bits per heavy atom. The molecule has 0 atom stereocenters. The quantitative estimate of drug-likeness (QED) is 0.445. The molecule has 160 valence electrons. The predicted molar refractivity (Wildman–Crippen MR) is 121 cm³/mol. The number of aryl methyl sites for hydroxylation is 1. The van der Waals surface area contributed by atoms with Crippen LogP contribution in [-0.2, 0) is 11.2 Å². The molecule has 0 fully saturated rings. The van der Waals surface area contributed by atoms with Gasteiger partial charge in [-0.3, -0.25) is 4.79 Å². The van der Waals surface area contributed by atoms with Crippen LogP contribution in [0.4, 0.5) is 5.82 Å². The zero-order chi connectivity index (χ0) is 22.5. The van der Waals surface area contributed by atoms with Crippen LogP contribution in [0.5, 0.6) is 0 Å². The lowest BCUT2D eigenvalue weighted by Gasteiger charge is -2.09. The van der Waals surface area contributed by atoms with Crippen LogP contribution in [-0.4, -0.2) is 20.7 Å². The third-order valence-electron chi connectivity index (χ3n) is 5.13. The number of rotatable bonds is 7. The number of anilines is 1. The molecule has 2 aromatic carbocycles. The average molecular weight is 425 g/mol. The third-order valence-corrected chi connectivity index (χ3v) is 5.13. The van der Waals surface area contributed by atoms with Gasteiger partial charge in [-0.1, -0.05) is 56.3 Å². The molecule has 4 rings (SSSR count). The standard InChI is InChI=1S/C25H23N5O2/c1-17(2)18-8-10-19(11-9-18)22-16-27-24(32-22)13-12-23(31)29-25-20(14-26)15-28-30(25)21-6-4-3-5-7-21/h3-11,15-17H,12-13H2,1-2H3,(H,29,31). The number of para-hydroxylation sites is 1. The van der Waals surface area contributed by atoms with Gasteiger partial charge in [0, 0.05) is 18.4 Å². The van der Waals surface area contributed by atoms with Gasteiger partial charge >= 0.3 is 0 Å². The Hall–Kier alpha value is -4.18. The second kappa shape index (κ2) is 9.31. The van der Waals surface area contributed by atoms with E-state index >= 15 is 0 Å². The second-order valence-electron chi connectivity index (χ2n) is 7.71. The number of carbonyl (C=O) groups excluding carboxylic acids is 1. The van der Waals surface area contributed by atoms with Crippen molar-refractivity contribution in [3.8, 4) is 23.1 Å². The van der Waals surface area contributed by atoms with E-state index in [0.29, 0.717) is 35.4 Å². The Labute approximate surface area is 186 Å². The molecule has 0 unspecified atom stereocenters. The summed E-state index contributed by atoms with van der Waals surface area (Å²) in [5.74, 6) is 1.72. The Bertz CT molecular complexity index is 1250. The summed E-state index contributed by atoms with van der Waals surface area (Å²) >= 11 is 0. The molecule has 0 aliphatic rings. The molecule has 0 spiro atoms. The molecule has 0 radical (unpaired) electrons. The minimum Gasteiger partial charge on any atom is -0.441 e. The topological polar surface area (TPSA) is 96.7 Å². The molecule has 1 amide bonds. The van der Waals surface area contributed by atoms with Crippen LogP contribution in [0.25, 0.3) is 17.0 Å². The molecule has 2 aromatic heterocycles. The van der Waals surface area contributed by atoms with Crippen molar-refractivity contribution in [2.24, 2.45) is 0 Å². The van der Waals surface area contributed by atoms with Gasteiger partial charge in [0.1, 0.15) is 11.6 Å². The molecule has 1 N–H and O–H groups in total. The van der Waals surface area contributed by atoms with E-state index in [1.165, 1.54) is 11.8 Å². The molecule has 0 aliphatic heterocycles. The Balaban J connectivity index is 1.41. The number of hydrogen-bond acceptors (Lipinski definition) is 5. The highest BCUT2D eigenvalue weighted by Gasteiger charge is 2.16. The van der Waals surface area contributed by atoms with Gasteiger partial charge in [0.2, 0.25) is 5.91 Å². The SMILES string of the molecule is CC(C)c1ccc(-c2cnc(CCC(=O)Nc3c(C#N)cnn3-c3ccccc3)o2)cc1. The van der Waals surface area contributed by atoms with Gasteiger partial charge in [-0.05, 0) is 23.6 Å². The van der Waals surface area contributed by atoms with Crippen LogP contribution in [0, 0.1) is 11.3 Å². The molecule has 2 heterocycles. The number of nitrogens with zero attached hydrogens (tertiary/aromatic N) is 4. The van der Waals surface area contributed by atoms with Crippen molar-refractivity contribution in [3.63, 3.8) is 0 Å². The highest BCUT2D eigenvalue weighted by atomic mass is 16.4. The number of benzene rings is 2. The zero-order valence-corrected chi connectivity index (χ0v) is 17.9. The molecule has 32 heavy (non-hydrogen) atoms. The van der Waals surface area contributed by atoms with E-state index < -0.39 is 0 Å². The van der Waals surface area contributed by atoms with Crippen molar-refractivity contribution in [1.82, 2.24) is 14.8 Å². The normalized spacial score (nSPS) is 10.8. The van der Waals surface area contributed by atoms with Crippen molar-refractivity contribution in [1.29, 1.82) is 5.26 Å². The highest BCUT2D eigenvalue weighted by molar-refractivity contribution is 5.91. The van der Waals surface area contributed by atoms with Crippen molar-refractivity contribution < 1.29 is 9.21 Å². The average Bonchev–Trinajstić information content (AvgIpc) is 3.45. The van der Waals surface area contributed by atoms with Gasteiger partial charge in [-0.25, -0.2) is 9.67 Å². The van der Waals surface area contributed by atoms with Crippen molar-refractivity contribution in [3.05, 3.63) is 84.0 Å². The van der Waals surface area contributed by atoms with E-state index in [2.05, 4.69) is 47.4 Å². The Morgan fingerprint density at radius 1 is 1.12 bits per heavy atom. The smallest absolute Gasteiger partial charge is 0.226 e. The first kappa shape index (κ1) is 21.1. The van der Waals surface area contributed by atoms with E-state index in [1.807, 2.05) is 42.5 Å². The Kier molecular flexibility index (Phi) is 6.13. The lowest BCUT2D eigenvalue weighted by molar-refractivity contribution is -0.116. The van der Waals surface area contributed by atoms with Crippen molar-refractivity contribution >= 4 is 11.7 Å². The van der Waals surface area contributed by atoms with Crippen molar-refractivity contribution in [2.75, 3.05) is 5.32 Å². The molecule has 0 aliphatic carbocycles. The van der Waals surface area contributed by atoms with Gasteiger partial charge in [-0.2, -0.15) is 10.4 Å². The number of nitrogens with one attached hydrogen (secondary N) is 1. The zero-order valence-electron chi connectivity index (χ0n) is 17.9. The van der Waals surface area contributed by atoms with Crippen LogP contribution in [0.15, 0.2) is 71.4 Å². The molecule has 0 saturated carbocycles. The van der Waals surface area contributed by atoms with Gasteiger partial charge < -0.3 is 9.73 Å². The minimum atomic E-state index is -0.250. The minimum absolute atomic E-state index is 0.164. The van der Waals surface area contributed by atoms with Gasteiger partial charge in [0.05, 0.1) is 18.1 Å². The summed E-state index contributed by atoms with van der Waals surface area (Å²) < 4.78 is 7.37. The summed E-state index contributed by atoms with van der Waals surface area (Å²) in [5.41, 5.74) is 3.26. The number of nitriles is 1. The second-order valence-corrected chi connectivity index (χ2v) is 7.71. The van der Waals surface area contributed by atoms with Gasteiger partial charge in [0.15, 0.2) is 17.5 Å². The molecule has 0 saturated heterocycles. The number of carbonyl (C=O) groups is 1. The Morgan fingerprint density at radius 2 is 1.88 bits per heavy atom. The van der Waals surface area contributed by atoms with Crippen LogP contribution in [0.1, 0.15) is 43.2 Å². The molecule has 7 nitrogen and oxygen atoms in total. The molecular weight excluding hydrogens is 402 g/mol. The van der Waals surface area contributed by atoms with E-state index in [-0.39, 0.29) is 12.3 Å². The predicted octanol–water partition coefficient (Wildman–Crippen LogP) is 5.09. The maximum atomic E-state index is 12.6. The number of amides is 1. The first-order valence-electron chi connectivity index (χ1n) is 10.4. The summed E-state index contributed by atoms with van der Waals surface area (Å²) in [4.78, 5) is 16.9. The first-order valence-corrected chi connectivity index (χ1v) is 10.4. The van der Waals surface area contributed by atoms with Crippen molar-refractivity contribution in [2.45, 2.75) is 32.6 Å². The lowest BCUT2D eigenvalue weighted by atomic mass is 10.0. The van der Waals surface area contributed by atoms with Crippen LogP contribution < -0.4 is 5.32 Å². The van der Waals surface area contributed by atoms with Crippen LogP contribution >= 0.6 is 0 Å². The maximum absolute atomic E-state index is 12.6. The third kappa shape index (κ3) is 4.60. The summed E-state index contributed by atoms with van der Waals surface area (Å²) in [6.45, 7) is 4.30. The van der Waals surface area contributed by atoms with E-state index in [1.54, 1.807) is 10.9 Å². The van der Waals surface area contributed by atoms with Crippen LogP contribution in [0.2, 0.25) is 0 Å². The lowest BCUT2D eigenvalue weighted by Crippen LogP contribution is -2.16. The fourth-order valence-corrected chi connectivity index (χ4v) is 3.32. The fraction of sp³-hybridized carbons (Fsp3) is 0.200. The molecular formula is C25H23N5O2. The number of oxazole rings is 1. The number of hydrogen-bond donors (Lipinski definition) is 1. The summed E-state index contributed by atoms with van der Waals surface area (Å²) in [7, 11) is 0. The van der Waals surface area contributed by atoms with E-state index in [4.69, 9.17) is 4.42 Å². The first-order chi connectivity index (χ1) is 15.5. The highest BCUT2D eigenvalue weighted by Crippen LogP contribution is 2.24. The molecule has 4 aromatic rings. The molecule has 0 bridgehead atoms. The van der Waals surface area contributed by atoms with Gasteiger partial charge in [0.25, 0.3) is 0 Å². The largest absolute Gasteiger partial charge is 0.441 e. The van der Waals surface area contributed by atoms with E-state index in [0.717, 1.165) is 11.3 Å². The summed E-state index contributed by atoms with van der Waals surface area (Å²) in [6.07, 6.45) is 3.62. The van der Waals surface area contributed by atoms with Gasteiger partial charge in [-0.15, -0.1) is 0 Å². The number of aromatic nitrogens is 3. The summed E-state index contributed by atoms with van der Waals surface area (Å²) in [5, 5.41) is 16.4. The summed E-state index contributed by atoms with van der Waals surface area (Å²) in [6, 6.07) is 19.6. The van der Waals surface area contributed by atoms with Crippen LogP contribution in [0.3, 0.4) is 0 Å². The molecule has 7 heteroatoms. The van der Waals surface area contributed by atoms with E-state index in [9.17, 15) is 10.1 Å².